The minimum Gasteiger partial charge on any atom is -0.404 e. The van der Waals surface area contributed by atoms with Crippen LogP contribution in [0.5, 0.6) is 0 Å². The Hall–Kier alpha value is -1.46. The molecule has 3 nitrogen and oxygen atoms in total. The Bertz CT molecular complexity index is 609. The van der Waals surface area contributed by atoms with Crippen LogP contribution in [0.1, 0.15) is 27.7 Å². The first-order valence-electron chi connectivity index (χ1n) is 9.12. The third kappa shape index (κ3) is 4.44. The van der Waals surface area contributed by atoms with Crippen LogP contribution in [0.25, 0.3) is 0 Å². The van der Waals surface area contributed by atoms with E-state index in [9.17, 15) is 5.11 Å². The van der Waals surface area contributed by atoms with Gasteiger partial charge in [0.2, 0.25) is 0 Å². The number of aliphatic hydroxyl groups excluding tert-OH is 1. The SMILES string of the molecule is CO[C@@H]([CH][C@H](C)O[Si](c1ccccc1)(c1ccccc1)C(C)(C)C)CO. The standard InChI is InChI=1S/C22H31O3Si/c1-18(16-19(17-23)24-5)25-26(22(2,3)4,20-12-8-6-9-13-20)21-14-10-7-11-15-21/h6-16,18-19,23H,17H2,1-5H3/t18-,19-/m0/s1. The molecule has 2 aromatic carbocycles. The van der Waals surface area contributed by atoms with E-state index >= 15 is 0 Å². The molecule has 0 aliphatic heterocycles. The molecule has 141 valence electrons. The maximum absolute atomic E-state index is 9.47. The fourth-order valence-electron chi connectivity index (χ4n) is 3.53. The summed E-state index contributed by atoms with van der Waals surface area (Å²) in [6.45, 7) is 8.75. The van der Waals surface area contributed by atoms with Gasteiger partial charge in [0, 0.05) is 19.6 Å². The molecule has 0 spiro atoms. The van der Waals surface area contributed by atoms with Crippen LogP contribution < -0.4 is 10.4 Å². The quantitative estimate of drug-likeness (QED) is 0.725. The molecule has 0 fully saturated rings. The largest absolute Gasteiger partial charge is 0.404 e. The second-order valence-electron chi connectivity index (χ2n) is 7.64. The number of ether oxygens (including phenoxy) is 1. The molecular formula is C22H31O3Si. The summed E-state index contributed by atoms with van der Waals surface area (Å²) in [5, 5.41) is 11.9. The van der Waals surface area contributed by atoms with Crippen molar-refractivity contribution < 1.29 is 14.3 Å². The van der Waals surface area contributed by atoms with Crippen molar-refractivity contribution in [2.45, 2.75) is 44.9 Å². The van der Waals surface area contributed by atoms with Crippen LogP contribution in [0.4, 0.5) is 0 Å². The average Bonchev–Trinajstić information content (AvgIpc) is 2.64. The van der Waals surface area contributed by atoms with E-state index in [0.29, 0.717) is 0 Å². The molecule has 2 rings (SSSR count). The maximum Gasteiger partial charge on any atom is 0.261 e. The molecule has 0 heterocycles. The van der Waals surface area contributed by atoms with Crippen molar-refractivity contribution >= 4 is 18.7 Å². The van der Waals surface area contributed by atoms with Crippen LogP contribution >= 0.6 is 0 Å². The van der Waals surface area contributed by atoms with Crippen molar-refractivity contribution in [3.05, 3.63) is 67.1 Å². The summed E-state index contributed by atoms with van der Waals surface area (Å²) in [5.74, 6) is 0. The Labute approximate surface area is 159 Å². The first-order chi connectivity index (χ1) is 12.3. The lowest BCUT2D eigenvalue weighted by Gasteiger charge is -2.45. The maximum atomic E-state index is 9.47. The highest BCUT2D eigenvalue weighted by Gasteiger charge is 2.51. The van der Waals surface area contributed by atoms with Crippen molar-refractivity contribution in [1.82, 2.24) is 0 Å². The number of methoxy groups -OCH3 is 1. The lowest BCUT2D eigenvalue weighted by atomic mass is 10.2. The second-order valence-corrected chi connectivity index (χ2v) is 11.9. The number of hydrogen-bond donors (Lipinski definition) is 1. The van der Waals surface area contributed by atoms with E-state index in [1.165, 1.54) is 10.4 Å². The van der Waals surface area contributed by atoms with Crippen LogP contribution in [0.3, 0.4) is 0 Å². The average molecular weight is 372 g/mol. The van der Waals surface area contributed by atoms with Gasteiger partial charge in [-0.05, 0) is 22.3 Å². The summed E-state index contributed by atoms with van der Waals surface area (Å²) in [4.78, 5) is 0. The summed E-state index contributed by atoms with van der Waals surface area (Å²) in [6, 6.07) is 21.1. The van der Waals surface area contributed by atoms with Crippen molar-refractivity contribution in [3.8, 4) is 0 Å². The van der Waals surface area contributed by atoms with Gasteiger partial charge in [0.25, 0.3) is 8.32 Å². The van der Waals surface area contributed by atoms with Gasteiger partial charge in [0.15, 0.2) is 0 Å². The van der Waals surface area contributed by atoms with Gasteiger partial charge in [-0.2, -0.15) is 0 Å². The van der Waals surface area contributed by atoms with E-state index in [1.807, 2.05) is 25.5 Å². The number of rotatable bonds is 8. The Balaban J connectivity index is 2.54. The molecule has 26 heavy (non-hydrogen) atoms. The molecule has 1 N–H and O–H groups in total. The number of hydrogen-bond acceptors (Lipinski definition) is 3. The molecule has 0 aliphatic rings. The van der Waals surface area contributed by atoms with Gasteiger partial charge in [-0.15, -0.1) is 0 Å². The van der Waals surface area contributed by atoms with Crippen molar-refractivity contribution in [3.63, 3.8) is 0 Å². The lowest BCUT2D eigenvalue weighted by Crippen LogP contribution is -2.67. The lowest BCUT2D eigenvalue weighted by molar-refractivity contribution is 0.0542. The molecule has 4 heteroatoms. The van der Waals surface area contributed by atoms with Crippen molar-refractivity contribution in [1.29, 1.82) is 0 Å². The third-order valence-corrected chi connectivity index (χ3v) is 9.88. The van der Waals surface area contributed by atoms with Crippen LogP contribution in [0, 0.1) is 6.42 Å². The van der Waals surface area contributed by atoms with Crippen LogP contribution in [0.15, 0.2) is 60.7 Å². The van der Waals surface area contributed by atoms with Crippen molar-refractivity contribution in [2.75, 3.05) is 13.7 Å². The zero-order chi connectivity index (χ0) is 19.2. The van der Waals surface area contributed by atoms with Gasteiger partial charge in [-0.1, -0.05) is 81.4 Å². The normalized spacial score (nSPS) is 14.8. The molecule has 0 amide bonds. The van der Waals surface area contributed by atoms with Gasteiger partial charge in [-0.3, -0.25) is 0 Å². The monoisotopic (exact) mass is 371 g/mol. The Morgan fingerprint density at radius 1 is 0.962 bits per heavy atom. The fourth-order valence-corrected chi connectivity index (χ4v) is 8.18. The highest BCUT2D eigenvalue weighted by atomic mass is 28.4. The van der Waals surface area contributed by atoms with Crippen LogP contribution in [-0.4, -0.2) is 39.3 Å². The molecule has 0 aromatic heterocycles. The smallest absolute Gasteiger partial charge is 0.261 e. The van der Waals surface area contributed by atoms with Gasteiger partial charge in [-0.25, -0.2) is 0 Å². The molecule has 1 radical (unpaired) electrons. The molecule has 2 atom stereocenters. The highest BCUT2D eigenvalue weighted by Crippen LogP contribution is 2.37. The van der Waals surface area contributed by atoms with E-state index in [2.05, 4.69) is 69.3 Å². The Morgan fingerprint density at radius 2 is 1.42 bits per heavy atom. The molecule has 0 unspecified atom stereocenters. The molecule has 0 saturated heterocycles. The summed E-state index contributed by atoms with van der Waals surface area (Å²) >= 11 is 0. The first-order valence-corrected chi connectivity index (χ1v) is 11.0. The molecular weight excluding hydrogens is 340 g/mol. The van der Waals surface area contributed by atoms with Crippen LogP contribution in [0.2, 0.25) is 5.04 Å². The minimum absolute atomic E-state index is 0.0506. The van der Waals surface area contributed by atoms with E-state index in [4.69, 9.17) is 9.16 Å². The second kappa shape index (κ2) is 8.96. The zero-order valence-electron chi connectivity index (χ0n) is 16.5. The summed E-state index contributed by atoms with van der Waals surface area (Å²) in [5.41, 5.74) is 0. The Morgan fingerprint density at radius 3 is 1.77 bits per heavy atom. The summed E-state index contributed by atoms with van der Waals surface area (Å²) < 4.78 is 12.2. The molecule has 2 aromatic rings. The zero-order valence-corrected chi connectivity index (χ0v) is 17.5. The summed E-state index contributed by atoms with van der Waals surface area (Å²) in [6.07, 6.45) is 1.46. The minimum atomic E-state index is -2.57. The predicted octanol–water partition coefficient (Wildman–Crippen LogP) is 3.16. The number of benzene rings is 2. The molecule has 0 bridgehead atoms. The van der Waals surface area contributed by atoms with Crippen LogP contribution in [-0.2, 0) is 9.16 Å². The van der Waals surface area contributed by atoms with Gasteiger partial charge < -0.3 is 14.3 Å². The van der Waals surface area contributed by atoms with Gasteiger partial charge in [0.1, 0.15) is 0 Å². The first kappa shape index (κ1) is 20.8. The van der Waals surface area contributed by atoms with E-state index in [1.54, 1.807) is 7.11 Å². The highest BCUT2D eigenvalue weighted by molar-refractivity contribution is 6.99. The van der Waals surface area contributed by atoms with E-state index in [0.717, 1.165) is 0 Å². The van der Waals surface area contributed by atoms with E-state index in [-0.39, 0.29) is 23.9 Å². The van der Waals surface area contributed by atoms with E-state index < -0.39 is 8.32 Å². The van der Waals surface area contributed by atoms with Crippen molar-refractivity contribution in [2.24, 2.45) is 0 Å². The van der Waals surface area contributed by atoms with Gasteiger partial charge >= 0.3 is 0 Å². The summed E-state index contributed by atoms with van der Waals surface area (Å²) in [7, 11) is -0.969. The fraction of sp³-hybridized carbons (Fsp3) is 0.409. The van der Waals surface area contributed by atoms with Gasteiger partial charge in [0.05, 0.1) is 12.7 Å². The topological polar surface area (TPSA) is 38.7 Å². The molecule has 0 saturated carbocycles. The Kier molecular flexibility index (Phi) is 7.18. The molecule has 0 aliphatic carbocycles. The predicted molar refractivity (Wildman–Crippen MR) is 110 cm³/mol. The third-order valence-electron chi connectivity index (χ3n) is 4.75. The number of aliphatic hydroxyl groups is 1.